The first-order chi connectivity index (χ1) is 8.77. The molecule has 0 spiro atoms. The lowest BCUT2D eigenvalue weighted by molar-refractivity contribution is 0.483. The van der Waals surface area contributed by atoms with Gasteiger partial charge < -0.3 is 5.11 Å². The first-order valence-electron chi connectivity index (χ1n) is 5.73. The molecule has 3 rings (SSSR count). The molecule has 0 saturated heterocycles. The zero-order chi connectivity index (χ0) is 12.5. The molecule has 0 saturated carbocycles. The van der Waals surface area contributed by atoms with Gasteiger partial charge in [-0.3, -0.25) is 0 Å². The van der Waals surface area contributed by atoms with Crippen LogP contribution in [-0.2, 0) is 0 Å². The summed E-state index contributed by atoms with van der Waals surface area (Å²) in [5.74, 6) is 0.325. The van der Waals surface area contributed by atoms with E-state index in [1.54, 1.807) is 0 Å². The molecule has 0 amide bonds. The maximum atomic E-state index is 10.5. The van der Waals surface area contributed by atoms with E-state index in [2.05, 4.69) is 15.9 Å². The van der Waals surface area contributed by atoms with E-state index < -0.39 is 0 Å². The van der Waals surface area contributed by atoms with Gasteiger partial charge in [-0.1, -0.05) is 54.6 Å². The fourth-order valence-electron chi connectivity index (χ4n) is 2.17. The van der Waals surface area contributed by atoms with Gasteiger partial charge in [-0.2, -0.15) is 0 Å². The first kappa shape index (κ1) is 11.3. The number of phenolic OH excluding ortho intramolecular Hbond substituents is 1. The fraction of sp³-hybridized carbons (Fsp3) is 0. The highest BCUT2D eigenvalue weighted by Gasteiger charge is 2.12. The largest absolute Gasteiger partial charge is 0.507 e. The minimum absolute atomic E-state index is 0.325. The molecule has 0 aliphatic heterocycles. The zero-order valence-corrected chi connectivity index (χ0v) is 11.2. The Bertz CT molecular complexity index is 705. The molecule has 0 fully saturated rings. The Hall–Kier alpha value is -1.80. The molecule has 0 heterocycles. The number of hydrogen-bond donors (Lipinski definition) is 1. The zero-order valence-electron chi connectivity index (χ0n) is 9.60. The number of hydrogen-bond acceptors (Lipinski definition) is 1. The monoisotopic (exact) mass is 298 g/mol. The van der Waals surface area contributed by atoms with Gasteiger partial charge in [0.25, 0.3) is 0 Å². The topological polar surface area (TPSA) is 20.2 Å². The third-order valence-corrected chi connectivity index (χ3v) is 3.66. The third kappa shape index (κ3) is 1.79. The summed E-state index contributed by atoms with van der Waals surface area (Å²) < 4.78 is 0.907. The van der Waals surface area contributed by atoms with Crippen LogP contribution in [0, 0.1) is 0 Å². The van der Waals surface area contributed by atoms with Crippen LogP contribution < -0.4 is 0 Å². The highest BCUT2D eigenvalue weighted by Crippen LogP contribution is 2.41. The molecule has 0 radical (unpaired) electrons. The highest BCUT2D eigenvalue weighted by atomic mass is 79.9. The summed E-state index contributed by atoms with van der Waals surface area (Å²) in [6, 6.07) is 19.8. The van der Waals surface area contributed by atoms with Crippen LogP contribution in [0.1, 0.15) is 0 Å². The predicted octanol–water partition coefficient (Wildman–Crippen LogP) is 4.97. The van der Waals surface area contributed by atoms with E-state index in [0.717, 1.165) is 26.4 Å². The number of phenols is 1. The van der Waals surface area contributed by atoms with Gasteiger partial charge in [0.1, 0.15) is 5.75 Å². The molecule has 0 aliphatic rings. The van der Waals surface area contributed by atoms with Crippen molar-refractivity contribution >= 4 is 26.7 Å². The Labute approximate surface area is 114 Å². The van der Waals surface area contributed by atoms with Crippen molar-refractivity contribution in [1.29, 1.82) is 0 Å². The van der Waals surface area contributed by atoms with Gasteiger partial charge in [-0.25, -0.2) is 0 Å². The Balaban J connectivity index is 2.37. The van der Waals surface area contributed by atoms with Crippen molar-refractivity contribution in [1.82, 2.24) is 0 Å². The van der Waals surface area contributed by atoms with E-state index in [1.807, 2.05) is 60.7 Å². The lowest BCUT2D eigenvalue weighted by atomic mass is 10.00. The lowest BCUT2D eigenvalue weighted by Gasteiger charge is -2.11. The van der Waals surface area contributed by atoms with Crippen LogP contribution in [-0.4, -0.2) is 5.11 Å². The SMILES string of the molecule is Oc1c(-c2ccccc2)c(Br)cc2ccccc12. The van der Waals surface area contributed by atoms with Crippen LogP contribution in [0.3, 0.4) is 0 Å². The van der Waals surface area contributed by atoms with Crippen molar-refractivity contribution in [3.05, 3.63) is 65.1 Å². The van der Waals surface area contributed by atoms with Crippen LogP contribution in [0.15, 0.2) is 65.1 Å². The summed E-state index contributed by atoms with van der Waals surface area (Å²) in [4.78, 5) is 0. The Kier molecular flexibility index (Phi) is 2.80. The van der Waals surface area contributed by atoms with E-state index in [-0.39, 0.29) is 0 Å². The summed E-state index contributed by atoms with van der Waals surface area (Å²) in [5, 5.41) is 12.4. The molecule has 3 aromatic rings. The minimum Gasteiger partial charge on any atom is -0.507 e. The quantitative estimate of drug-likeness (QED) is 0.672. The van der Waals surface area contributed by atoms with E-state index in [4.69, 9.17) is 0 Å². The van der Waals surface area contributed by atoms with Crippen molar-refractivity contribution in [3.63, 3.8) is 0 Å². The van der Waals surface area contributed by atoms with Crippen molar-refractivity contribution < 1.29 is 5.11 Å². The van der Waals surface area contributed by atoms with E-state index >= 15 is 0 Å². The number of fused-ring (bicyclic) bond motifs is 1. The van der Waals surface area contributed by atoms with Crippen LogP contribution in [0.5, 0.6) is 5.75 Å². The lowest BCUT2D eigenvalue weighted by Crippen LogP contribution is -1.83. The van der Waals surface area contributed by atoms with E-state index in [9.17, 15) is 5.11 Å². The molecule has 0 aliphatic carbocycles. The standard InChI is InChI=1S/C16H11BrO/c17-14-10-12-8-4-5-9-13(12)16(18)15(14)11-6-2-1-3-7-11/h1-10,18H. The Morgan fingerprint density at radius 3 is 2.28 bits per heavy atom. The average molecular weight is 299 g/mol. The fourth-order valence-corrected chi connectivity index (χ4v) is 2.84. The molecule has 2 heteroatoms. The molecule has 18 heavy (non-hydrogen) atoms. The van der Waals surface area contributed by atoms with Crippen molar-refractivity contribution in [2.45, 2.75) is 0 Å². The van der Waals surface area contributed by atoms with E-state index in [1.165, 1.54) is 0 Å². The maximum absolute atomic E-state index is 10.5. The summed E-state index contributed by atoms with van der Waals surface area (Å²) in [7, 11) is 0. The second-order valence-electron chi connectivity index (χ2n) is 4.17. The maximum Gasteiger partial charge on any atom is 0.132 e. The number of benzene rings is 3. The third-order valence-electron chi connectivity index (χ3n) is 3.04. The van der Waals surface area contributed by atoms with Gasteiger partial charge in [0.15, 0.2) is 0 Å². The van der Waals surface area contributed by atoms with Crippen LogP contribution >= 0.6 is 15.9 Å². The molecular formula is C16H11BrO. The van der Waals surface area contributed by atoms with Gasteiger partial charge in [0.2, 0.25) is 0 Å². The molecular weight excluding hydrogens is 288 g/mol. The Morgan fingerprint density at radius 1 is 0.833 bits per heavy atom. The van der Waals surface area contributed by atoms with Crippen LogP contribution in [0.25, 0.3) is 21.9 Å². The van der Waals surface area contributed by atoms with Crippen LogP contribution in [0.4, 0.5) is 0 Å². The number of aromatic hydroxyl groups is 1. The van der Waals surface area contributed by atoms with Gasteiger partial charge in [0, 0.05) is 15.4 Å². The summed E-state index contributed by atoms with van der Waals surface area (Å²) in [6.45, 7) is 0. The van der Waals surface area contributed by atoms with Gasteiger partial charge in [-0.15, -0.1) is 0 Å². The molecule has 88 valence electrons. The number of rotatable bonds is 1. The molecule has 1 nitrogen and oxygen atoms in total. The molecule has 0 bridgehead atoms. The summed E-state index contributed by atoms with van der Waals surface area (Å²) in [6.07, 6.45) is 0. The highest BCUT2D eigenvalue weighted by molar-refractivity contribution is 9.10. The predicted molar refractivity (Wildman–Crippen MR) is 78.7 cm³/mol. The second-order valence-corrected chi connectivity index (χ2v) is 5.02. The Morgan fingerprint density at radius 2 is 1.50 bits per heavy atom. The smallest absolute Gasteiger partial charge is 0.132 e. The first-order valence-corrected chi connectivity index (χ1v) is 6.52. The molecule has 0 atom stereocenters. The number of halogens is 1. The summed E-state index contributed by atoms with van der Waals surface area (Å²) >= 11 is 3.54. The van der Waals surface area contributed by atoms with Crippen molar-refractivity contribution in [3.8, 4) is 16.9 Å². The van der Waals surface area contributed by atoms with Crippen molar-refractivity contribution in [2.75, 3.05) is 0 Å². The van der Waals surface area contributed by atoms with Gasteiger partial charge in [-0.05, 0) is 32.9 Å². The minimum atomic E-state index is 0.325. The average Bonchev–Trinajstić information content (AvgIpc) is 2.40. The van der Waals surface area contributed by atoms with E-state index in [0.29, 0.717) is 5.75 Å². The normalized spacial score (nSPS) is 10.7. The van der Waals surface area contributed by atoms with Gasteiger partial charge in [0.05, 0.1) is 0 Å². The molecule has 1 N–H and O–H groups in total. The van der Waals surface area contributed by atoms with Crippen molar-refractivity contribution in [2.24, 2.45) is 0 Å². The molecule has 0 aromatic heterocycles. The summed E-state index contributed by atoms with van der Waals surface area (Å²) in [5.41, 5.74) is 1.85. The molecule has 3 aromatic carbocycles. The second kappa shape index (κ2) is 4.46. The van der Waals surface area contributed by atoms with Crippen LogP contribution in [0.2, 0.25) is 0 Å². The molecule has 0 unspecified atom stereocenters. The van der Waals surface area contributed by atoms with Gasteiger partial charge >= 0.3 is 0 Å².